The molecule has 1 aromatic carbocycles. The van der Waals surface area contributed by atoms with Crippen molar-refractivity contribution in [3.63, 3.8) is 0 Å². The monoisotopic (exact) mass is 300 g/mol. The average molecular weight is 300 g/mol. The number of piperidine rings is 1. The molecule has 1 aromatic rings. The second kappa shape index (κ2) is 6.79. The molecular formula is C16H23F3N2. The molecule has 2 rings (SSSR count). The minimum atomic E-state index is -4.28. The van der Waals surface area contributed by atoms with Gasteiger partial charge in [0.25, 0.3) is 0 Å². The van der Waals surface area contributed by atoms with Crippen LogP contribution in [0, 0.1) is 5.92 Å². The number of nitrogens with zero attached hydrogens (tertiary/aromatic N) is 1. The SMILES string of the molecule is CC(c1cccc(C(F)(F)F)c1)N1CCCC(CCN)C1. The van der Waals surface area contributed by atoms with Crippen molar-refractivity contribution >= 4 is 0 Å². The first-order valence-corrected chi connectivity index (χ1v) is 7.53. The molecule has 0 spiro atoms. The van der Waals surface area contributed by atoms with Gasteiger partial charge in [-0.15, -0.1) is 0 Å². The fraction of sp³-hybridized carbons (Fsp3) is 0.625. The Morgan fingerprint density at radius 2 is 2.14 bits per heavy atom. The summed E-state index contributed by atoms with van der Waals surface area (Å²) in [6.45, 7) is 4.53. The van der Waals surface area contributed by atoms with E-state index in [-0.39, 0.29) is 6.04 Å². The highest BCUT2D eigenvalue weighted by molar-refractivity contribution is 5.27. The van der Waals surface area contributed by atoms with Gasteiger partial charge < -0.3 is 5.73 Å². The maximum absolute atomic E-state index is 12.8. The van der Waals surface area contributed by atoms with E-state index in [1.165, 1.54) is 18.6 Å². The van der Waals surface area contributed by atoms with E-state index >= 15 is 0 Å². The Labute approximate surface area is 124 Å². The van der Waals surface area contributed by atoms with Crippen LogP contribution in [-0.4, -0.2) is 24.5 Å². The van der Waals surface area contributed by atoms with Gasteiger partial charge in [-0.1, -0.05) is 12.1 Å². The number of alkyl halides is 3. The summed E-state index contributed by atoms with van der Waals surface area (Å²) in [5.74, 6) is 0.567. The second-order valence-corrected chi connectivity index (χ2v) is 5.88. The van der Waals surface area contributed by atoms with E-state index < -0.39 is 11.7 Å². The number of halogens is 3. The molecule has 1 aliphatic heterocycles. The fourth-order valence-corrected chi connectivity index (χ4v) is 3.11. The van der Waals surface area contributed by atoms with Gasteiger partial charge in [-0.25, -0.2) is 0 Å². The number of rotatable bonds is 4. The third-order valence-corrected chi connectivity index (χ3v) is 4.37. The van der Waals surface area contributed by atoms with Gasteiger partial charge in [0, 0.05) is 12.6 Å². The van der Waals surface area contributed by atoms with Gasteiger partial charge in [-0.2, -0.15) is 13.2 Å². The van der Waals surface area contributed by atoms with Crippen LogP contribution < -0.4 is 5.73 Å². The molecule has 21 heavy (non-hydrogen) atoms. The summed E-state index contributed by atoms with van der Waals surface area (Å²) in [7, 11) is 0. The van der Waals surface area contributed by atoms with Gasteiger partial charge in [0.15, 0.2) is 0 Å². The highest BCUT2D eigenvalue weighted by atomic mass is 19.4. The standard InChI is InChI=1S/C16H23F3N2/c1-12(21-9-3-4-13(11-21)7-8-20)14-5-2-6-15(10-14)16(17,18)19/h2,5-6,10,12-13H,3-4,7-9,11,20H2,1H3. The average Bonchev–Trinajstić information content (AvgIpc) is 2.46. The van der Waals surface area contributed by atoms with E-state index in [0.29, 0.717) is 12.5 Å². The third-order valence-electron chi connectivity index (χ3n) is 4.37. The molecule has 2 nitrogen and oxygen atoms in total. The lowest BCUT2D eigenvalue weighted by atomic mass is 9.92. The van der Waals surface area contributed by atoms with Crippen LogP contribution in [0.15, 0.2) is 24.3 Å². The number of hydrogen-bond acceptors (Lipinski definition) is 2. The Balaban J connectivity index is 2.10. The largest absolute Gasteiger partial charge is 0.416 e. The van der Waals surface area contributed by atoms with Crippen LogP contribution in [0.5, 0.6) is 0 Å². The quantitative estimate of drug-likeness (QED) is 0.915. The lowest BCUT2D eigenvalue weighted by Crippen LogP contribution is -2.37. The number of likely N-dealkylation sites (tertiary alicyclic amines) is 1. The molecule has 2 atom stereocenters. The molecule has 2 N–H and O–H groups in total. The number of hydrogen-bond donors (Lipinski definition) is 1. The Morgan fingerprint density at radius 1 is 1.38 bits per heavy atom. The molecule has 0 aliphatic carbocycles. The summed E-state index contributed by atoms with van der Waals surface area (Å²) in [6.07, 6.45) is -1.03. The second-order valence-electron chi connectivity index (χ2n) is 5.88. The molecule has 1 aliphatic rings. The third kappa shape index (κ3) is 4.20. The summed E-state index contributed by atoms with van der Waals surface area (Å²) in [4.78, 5) is 2.28. The first-order chi connectivity index (χ1) is 9.91. The molecule has 1 heterocycles. The zero-order valence-corrected chi connectivity index (χ0v) is 12.4. The normalized spacial score (nSPS) is 22.2. The zero-order valence-electron chi connectivity index (χ0n) is 12.4. The maximum Gasteiger partial charge on any atom is 0.416 e. The summed E-state index contributed by atoms with van der Waals surface area (Å²) < 4.78 is 38.4. The van der Waals surface area contributed by atoms with Gasteiger partial charge in [0.2, 0.25) is 0 Å². The van der Waals surface area contributed by atoms with Crippen molar-refractivity contribution in [1.29, 1.82) is 0 Å². The predicted molar refractivity (Wildman–Crippen MR) is 77.8 cm³/mol. The fourth-order valence-electron chi connectivity index (χ4n) is 3.11. The first-order valence-electron chi connectivity index (χ1n) is 7.53. The van der Waals surface area contributed by atoms with Crippen LogP contribution in [0.25, 0.3) is 0 Å². The van der Waals surface area contributed by atoms with Crippen molar-refractivity contribution in [3.05, 3.63) is 35.4 Å². The summed E-state index contributed by atoms with van der Waals surface area (Å²) in [5, 5.41) is 0. The van der Waals surface area contributed by atoms with Crippen molar-refractivity contribution < 1.29 is 13.2 Å². The molecule has 5 heteroatoms. The van der Waals surface area contributed by atoms with E-state index in [1.54, 1.807) is 6.07 Å². The van der Waals surface area contributed by atoms with Gasteiger partial charge >= 0.3 is 6.18 Å². The summed E-state index contributed by atoms with van der Waals surface area (Å²) in [5.41, 5.74) is 5.78. The minimum Gasteiger partial charge on any atom is -0.330 e. The first kappa shape index (κ1) is 16.3. The van der Waals surface area contributed by atoms with Crippen molar-refractivity contribution in [2.75, 3.05) is 19.6 Å². The number of benzene rings is 1. The van der Waals surface area contributed by atoms with Gasteiger partial charge in [0.1, 0.15) is 0 Å². The molecule has 0 aromatic heterocycles. The van der Waals surface area contributed by atoms with Gasteiger partial charge in [-0.3, -0.25) is 4.90 Å². The van der Waals surface area contributed by atoms with Gasteiger partial charge in [0.05, 0.1) is 5.56 Å². The van der Waals surface area contributed by atoms with Crippen LogP contribution in [0.4, 0.5) is 13.2 Å². The molecule has 0 bridgehead atoms. The smallest absolute Gasteiger partial charge is 0.330 e. The Bertz CT molecular complexity index is 457. The van der Waals surface area contributed by atoms with Crippen LogP contribution in [0.1, 0.15) is 43.4 Å². The molecule has 0 amide bonds. The Morgan fingerprint density at radius 3 is 2.81 bits per heavy atom. The summed E-state index contributed by atoms with van der Waals surface area (Å²) in [6, 6.07) is 5.69. The van der Waals surface area contributed by atoms with E-state index in [4.69, 9.17) is 5.73 Å². The van der Waals surface area contributed by atoms with Crippen molar-refractivity contribution in [2.24, 2.45) is 11.7 Å². The lowest BCUT2D eigenvalue weighted by Gasteiger charge is -2.37. The van der Waals surface area contributed by atoms with Crippen LogP contribution in [-0.2, 0) is 6.18 Å². The highest BCUT2D eigenvalue weighted by Gasteiger charge is 2.31. The van der Waals surface area contributed by atoms with Gasteiger partial charge in [-0.05, 0) is 62.9 Å². The minimum absolute atomic E-state index is 0.00729. The Hall–Kier alpha value is -1.07. The topological polar surface area (TPSA) is 29.3 Å². The van der Waals surface area contributed by atoms with E-state index in [1.807, 2.05) is 6.92 Å². The van der Waals surface area contributed by atoms with Crippen molar-refractivity contribution in [3.8, 4) is 0 Å². The highest BCUT2D eigenvalue weighted by Crippen LogP contribution is 2.33. The van der Waals surface area contributed by atoms with Crippen LogP contribution >= 0.6 is 0 Å². The maximum atomic E-state index is 12.8. The molecule has 1 saturated heterocycles. The van der Waals surface area contributed by atoms with E-state index in [9.17, 15) is 13.2 Å². The number of nitrogens with two attached hydrogens (primary N) is 1. The van der Waals surface area contributed by atoms with Crippen LogP contribution in [0.3, 0.4) is 0 Å². The molecule has 0 saturated carbocycles. The molecule has 1 fully saturated rings. The van der Waals surface area contributed by atoms with E-state index in [2.05, 4.69) is 4.90 Å². The summed E-state index contributed by atoms with van der Waals surface area (Å²) >= 11 is 0. The Kier molecular flexibility index (Phi) is 5.27. The molecule has 0 radical (unpaired) electrons. The van der Waals surface area contributed by atoms with Crippen molar-refractivity contribution in [2.45, 2.75) is 38.4 Å². The molecule has 118 valence electrons. The lowest BCUT2D eigenvalue weighted by molar-refractivity contribution is -0.137. The van der Waals surface area contributed by atoms with Crippen LogP contribution in [0.2, 0.25) is 0 Å². The molecular weight excluding hydrogens is 277 g/mol. The van der Waals surface area contributed by atoms with Crippen molar-refractivity contribution in [1.82, 2.24) is 4.90 Å². The predicted octanol–water partition coefficient (Wildman–Crippen LogP) is 3.83. The molecule has 2 unspecified atom stereocenters. The van der Waals surface area contributed by atoms with E-state index in [0.717, 1.165) is 37.6 Å². The zero-order chi connectivity index (χ0) is 15.5.